The molecular weight excluding hydrogens is 254 g/mol. The summed E-state index contributed by atoms with van der Waals surface area (Å²) in [5, 5.41) is 20.4. The summed E-state index contributed by atoms with van der Waals surface area (Å²) in [7, 11) is 0. The Labute approximate surface area is 111 Å². The monoisotopic (exact) mass is 271 g/mol. The fourth-order valence-corrected chi connectivity index (χ4v) is 1.63. The minimum atomic E-state index is -0.985. The Balaban J connectivity index is 2.67. The molecule has 0 heterocycles. The smallest absolute Gasteiger partial charge is 0.269 e. The van der Waals surface area contributed by atoms with E-state index >= 15 is 0 Å². The molecule has 18 heavy (non-hydrogen) atoms. The molecule has 5 nitrogen and oxygen atoms in total. The second kappa shape index (κ2) is 5.26. The molecule has 0 saturated heterocycles. The van der Waals surface area contributed by atoms with Crippen LogP contribution in [0.4, 0.5) is 5.69 Å². The molecule has 100 valence electrons. The summed E-state index contributed by atoms with van der Waals surface area (Å²) in [5.74, 6) is 0. The summed E-state index contributed by atoms with van der Waals surface area (Å²) in [5.41, 5.74) is -1.68. The van der Waals surface area contributed by atoms with Crippen LogP contribution in [0, 0.1) is 10.1 Å². The predicted molar refractivity (Wildman–Crippen MR) is 70.4 cm³/mol. The lowest BCUT2D eigenvalue weighted by molar-refractivity contribution is -0.384. The summed E-state index contributed by atoms with van der Waals surface area (Å²) in [6, 6.07) is 6.07. The maximum Gasteiger partial charge on any atom is 0.269 e. The Hall–Kier alpha value is -1.11. The maximum atomic E-state index is 10.5. The summed E-state index contributed by atoms with van der Waals surface area (Å²) in [6.07, 6.45) is 0. The molecule has 0 fully saturated rings. The summed E-state index contributed by atoms with van der Waals surface area (Å²) >= 11 is 1.09. The maximum absolute atomic E-state index is 10.5. The van der Waals surface area contributed by atoms with E-state index in [4.69, 9.17) is 4.18 Å². The lowest BCUT2D eigenvalue weighted by atomic mass is 9.90. The van der Waals surface area contributed by atoms with Crippen LogP contribution in [0.25, 0.3) is 0 Å². The van der Waals surface area contributed by atoms with Gasteiger partial charge in [0.05, 0.1) is 10.5 Å². The summed E-state index contributed by atoms with van der Waals surface area (Å²) in [6.45, 7) is 6.91. The van der Waals surface area contributed by atoms with Gasteiger partial charge < -0.3 is 9.29 Å². The van der Waals surface area contributed by atoms with Crippen molar-refractivity contribution in [2.24, 2.45) is 0 Å². The molecule has 1 rings (SSSR count). The number of aliphatic hydroxyl groups is 1. The highest BCUT2D eigenvalue weighted by Crippen LogP contribution is 2.33. The lowest BCUT2D eigenvalue weighted by Gasteiger charge is -2.35. The van der Waals surface area contributed by atoms with Gasteiger partial charge in [-0.3, -0.25) is 10.1 Å². The molecule has 0 amide bonds. The molecule has 0 aliphatic rings. The first-order chi connectivity index (χ1) is 8.13. The van der Waals surface area contributed by atoms with Gasteiger partial charge >= 0.3 is 0 Å². The van der Waals surface area contributed by atoms with E-state index in [1.54, 1.807) is 39.8 Å². The van der Waals surface area contributed by atoms with Crippen molar-refractivity contribution in [2.75, 3.05) is 0 Å². The first-order valence-electron chi connectivity index (χ1n) is 5.46. The molecule has 0 aliphatic carbocycles. The average molecular weight is 271 g/mol. The molecule has 0 bridgehead atoms. The second-order valence-electron chi connectivity index (χ2n) is 4.99. The molecule has 6 heteroatoms. The molecule has 0 atom stereocenters. The normalized spacial score (nSPS) is 12.5. The van der Waals surface area contributed by atoms with E-state index in [1.165, 1.54) is 12.1 Å². The molecule has 0 spiro atoms. The van der Waals surface area contributed by atoms with Crippen molar-refractivity contribution in [1.82, 2.24) is 0 Å². The number of hydrogen-bond donors (Lipinski definition) is 1. The second-order valence-corrected chi connectivity index (χ2v) is 5.79. The van der Waals surface area contributed by atoms with Crippen molar-refractivity contribution >= 4 is 17.7 Å². The van der Waals surface area contributed by atoms with Crippen LogP contribution in [0.5, 0.6) is 0 Å². The summed E-state index contributed by atoms with van der Waals surface area (Å²) < 4.78 is 5.58. The first-order valence-corrected chi connectivity index (χ1v) is 6.20. The summed E-state index contributed by atoms with van der Waals surface area (Å²) in [4.78, 5) is 10.8. The Morgan fingerprint density at radius 2 is 1.72 bits per heavy atom. The Bertz CT molecular complexity index is 423. The third kappa shape index (κ3) is 3.69. The molecule has 0 radical (unpaired) electrons. The Morgan fingerprint density at radius 1 is 1.22 bits per heavy atom. The predicted octanol–water partition coefficient (Wildman–Crippen LogP) is 3.17. The third-order valence-electron chi connectivity index (χ3n) is 2.87. The lowest BCUT2D eigenvalue weighted by Crippen LogP contribution is -2.45. The third-order valence-corrected chi connectivity index (χ3v) is 3.83. The molecular formula is C12H17NO4S. The SMILES string of the molecule is CC(C)(O)C(C)(C)OSc1ccc([N+](=O)[O-])cc1. The first kappa shape index (κ1) is 14.9. The van der Waals surface area contributed by atoms with E-state index in [9.17, 15) is 15.2 Å². The highest BCUT2D eigenvalue weighted by atomic mass is 32.2. The van der Waals surface area contributed by atoms with Gasteiger partial charge in [-0.2, -0.15) is 0 Å². The highest BCUT2D eigenvalue weighted by molar-refractivity contribution is 7.94. The minimum Gasteiger partial charge on any atom is -0.387 e. The van der Waals surface area contributed by atoms with Gasteiger partial charge in [0.1, 0.15) is 5.60 Å². The van der Waals surface area contributed by atoms with Gasteiger partial charge in [0, 0.05) is 29.1 Å². The van der Waals surface area contributed by atoms with Crippen molar-refractivity contribution in [2.45, 2.75) is 43.8 Å². The topological polar surface area (TPSA) is 72.6 Å². The number of rotatable bonds is 5. The fraction of sp³-hybridized carbons (Fsp3) is 0.500. The quantitative estimate of drug-likeness (QED) is 0.506. The van der Waals surface area contributed by atoms with Gasteiger partial charge in [0.15, 0.2) is 0 Å². The van der Waals surface area contributed by atoms with Crippen LogP contribution in [0.1, 0.15) is 27.7 Å². The number of nitro benzene ring substituents is 1. The Morgan fingerprint density at radius 3 is 2.11 bits per heavy atom. The van der Waals surface area contributed by atoms with Crippen molar-refractivity contribution in [1.29, 1.82) is 0 Å². The van der Waals surface area contributed by atoms with Gasteiger partial charge in [0.25, 0.3) is 5.69 Å². The van der Waals surface area contributed by atoms with Crippen LogP contribution in [-0.2, 0) is 4.18 Å². The molecule has 1 aromatic rings. The standard InChI is InChI=1S/C12H17NO4S/c1-11(2,14)12(3,4)17-18-10-7-5-9(6-8-10)13(15)16/h5-8,14H,1-4H3. The molecule has 0 aromatic heterocycles. The number of non-ortho nitro benzene ring substituents is 1. The number of nitro groups is 1. The molecule has 0 aliphatic heterocycles. The van der Waals surface area contributed by atoms with Crippen LogP contribution in [0.15, 0.2) is 29.2 Å². The van der Waals surface area contributed by atoms with Crippen molar-refractivity contribution < 1.29 is 14.2 Å². The van der Waals surface area contributed by atoms with E-state index in [2.05, 4.69) is 0 Å². The van der Waals surface area contributed by atoms with E-state index in [1.807, 2.05) is 0 Å². The van der Waals surface area contributed by atoms with Gasteiger partial charge in [0.2, 0.25) is 0 Å². The molecule has 0 unspecified atom stereocenters. The van der Waals surface area contributed by atoms with Crippen LogP contribution < -0.4 is 0 Å². The average Bonchev–Trinajstić information content (AvgIpc) is 2.25. The van der Waals surface area contributed by atoms with Gasteiger partial charge in [-0.1, -0.05) is 0 Å². The Kier molecular flexibility index (Phi) is 4.37. The van der Waals surface area contributed by atoms with Gasteiger partial charge in [-0.05, 0) is 39.8 Å². The highest BCUT2D eigenvalue weighted by Gasteiger charge is 2.36. The van der Waals surface area contributed by atoms with Crippen LogP contribution in [0.3, 0.4) is 0 Å². The van der Waals surface area contributed by atoms with Crippen LogP contribution >= 0.6 is 12.0 Å². The molecule has 1 N–H and O–H groups in total. The van der Waals surface area contributed by atoms with E-state index < -0.39 is 16.1 Å². The zero-order valence-electron chi connectivity index (χ0n) is 10.8. The van der Waals surface area contributed by atoms with E-state index in [0.717, 1.165) is 16.9 Å². The van der Waals surface area contributed by atoms with Crippen molar-refractivity contribution in [3.63, 3.8) is 0 Å². The van der Waals surface area contributed by atoms with E-state index in [0.29, 0.717) is 0 Å². The fourth-order valence-electron chi connectivity index (χ4n) is 0.878. The van der Waals surface area contributed by atoms with Crippen LogP contribution in [0.2, 0.25) is 0 Å². The van der Waals surface area contributed by atoms with Crippen molar-refractivity contribution in [3.05, 3.63) is 34.4 Å². The zero-order valence-corrected chi connectivity index (χ0v) is 11.7. The molecule has 1 aromatic carbocycles. The number of hydrogen-bond acceptors (Lipinski definition) is 5. The number of nitrogens with zero attached hydrogens (tertiary/aromatic N) is 1. The van der Waals surface area contributed by atoms with Crippen LogP contribution in [-0.4, -0.2) is 21.2 Å². The largest absolute Gasteiger partial charge is 0.387 e. The van der Waals surface area contributed by atoms with Gasteiger partial charge in [-0.25, -0.2) is 0 Å². The number of benzene rings is 1. The van der Waals surface area contributed by atoms with E-state index in [-0.39, 0.29) is 5.69 Å². The van der Waals surface area contributed by atoms with Gasteiger partial charge in [-0.15, -0.1) is 0 Å². The molecule has 0 saturated carbocycles. The zero-order chi connectivity index (χ0) is 14.0. The minimum absolute atomic E-state index is 0.0427. The van der Waals surface area contributed by atoms with Crippen molar-refractivity contribution in [3.8, 4) is 0 Å².